The van der Waals surface area contributed by atoms with Gasteiger partial charge in [0.1, 0.15) is 12.8 Å². The molecule has 2 amide bonds. The highest BCUT2D eigenvalue weighted by Gasteiger charge is 2.09. The molecular formula is C15H18N2O4. The van der Waals surface area contributed by atoms with Crippen molar-refractivity contribution < 1.29 is 19.2 Å². The summed E-state index contributed by atoms with van der Waals surface area (Å²) in [6.45, 7) is 1.61. The Bertz CT molecular complexity index is 540. The number of hydrogen-bond donors (Lipinski definition) is 1. The molecule has 0 aliphatic rings. The molecular weight excluding hydrogens is 272 g/mol. The summed E-state index contributed by atoms with van der Waals surface area (Å²) < 4.78 is 0. The van der Waals surface area contributed by atoms with E-state index in [2.05, 4.69) is 5.32 Å². The molecule has 0 heterocycles. The van der Waals surface area contributed by atoms with Gasteiger partial charge in [0.2, 0.25) is 5.91 Å². The zero-order chi connectivity index (χ0) is 15.7. The number of anilines is 1. The van der Waals surface area contributed by atoms with Gasteiger partial charge in [0.05, 0.1) is 7.11 Å². The molecule has 0 saturated heterocycles. The van der Waals surface area contributed by atoms with Crippen molar-refractivity contribution in [1.82, 2.24) is 5.06 Å². The van der Waals surface area contributed by atoms with E-state index >= 15 is 0 Å². The van der Waals surface area contributed by atoms with Gasteiger partial charge in [-0.15, -0.1) is 0 Å². The van der Waals surface area contributed by atoms with Gasteiger partial charge >= 0.3 is 0 Å². The number of benzene rings is 1. The molecule has 0 spiro atoms. The van der Waals surface area contributed by atoms with Gasteiger partial charge in [-0.2, -0.15) is 0 Å². The van der Waals surface area contributed by atoms with E-state index in [9.17, 15) is 14.4 Å². The van der Waals surface area contributed by atoms with E-state index in [1.165, 1.54) is 13.2 Å². The van der Waals surface area contributed by atoms with Crippen molar-refractivity contribution in [2.24, 2.45) is 0 Å². The Balaban J connectivity index is 2.86. The second kappa shape index (κ2) is 8.65. The molecule has 0 aliphatic heterocycles. The fraction of sp³-hybridized carbons (Fsp3) is 0.267. The second-order valence-electron chi connectivity index (χ2n) is 4.07. The second-order valence-corrected chi connectivity index (χ2v) is 4.07. The standard InChI is InChI=1S/C15H18N2O4/c1-3-14(19)16-13-7-5-4-6-12(13)8-9-15(20)17(21-2)10-11-18/h4-9,11H,3,10H2,1-2H3,(H,16,19)/b9-8+. The maximum absolute atomic E-state index is 11.8. The first-order chi connectivity index (χ1) is 10.1. The minimum atomic E-state index is -0.457. The third kappa shape index (κ3) is 5.19. The molecule has 6 heteroatoms. The van der Waals surface area contributed by atoms with Crippen molar-refractivity contribution in [1.29, 1.82) is 0 Å². The zero-order valence-corrected chi connectivity index (χ0v) is 12.0. The van der Waals surface area contributed by atoms with Crippen LogP contribution in [0.4, 0.5) is 5.69 Å². The lowest BCUT2D eigenvalue weighted by atomic mass is 10.1. The van der Waals surface area contributed by atoms with Gasteiger partial charge < -0.3 is 10.1 Å². The highest BCUT2D eigenvalue weighted by Crippen LogP contribution is 2.17. The van der Waals surface area contributed by atoms with Gasteiger partial charge in [-0.25, -0.2) is 5.06 Å². The summed E-state index contributed by atoms with van der Waals surface area (Å²) in [4.78, 5) is 38.4. The summed E-state index contributed by atoms with van der Waals surface area (Å²) in [5.41, 5.74) is 1.31. The van der Waals surface area contributed by atoms with Crippen LogP contribution in [0.1, 0.15) is 18.9 Å². The molecule has 0 saturated carbocycles. The number of carbonyl (C=O) groups excluding carboxylic acids is 3. The SMILES string of the molecule is CCC(=O)Nc1ccccc1/C=C/C(=O)N(CC=O)OC. The Hall–Kier alpha value is -2.47. The van der Waals surface area contributed by atoms with Gasteiger partial charge in [0, 0.05) is 18.2 Å². The molecule has 0 aromatic heterocycles. The summed E-state index contributed by atoms with van der Waals surface area (Å²) in [5.74, 6) is -0.567. The summed E-state index contributed by atoms with van der Waals surface area (Å²) in [7, 11) is 1.31. The maximum Gasteiger partial charge on any atom is 0.270 e. The Labute approximate surface area is 123 Å². The first-order valence-corrected chi connectivity index (χ1v) is 6.48. The Morgan fingerprint density at radius 2 is 2.05 bits per heavy atom. The third-order valence-electron chi connectivity index (χ3n) is 2.67. The molecule has 1 aromatic rings. The number of nitrogens with one attached hydrogen (secondary N) is 1. The largest absolute Gasteiger partial charge is 0.326 e. The summed E-state index contributed by atoms with van der Waals surface area (Å²) in [6.07, 6.45) is 3.78. The number of carbonyl (C=O) groups is 3. The van der Waals surface area contributed by atoms with Crippen LogP contribution >= 0.6 is 0 Å². The van der Waals surface area contributed by atoms with Gasteiger partial charge in [0.15, 0.2) is 0 Å². The minimum absolute atomic E-state index is 0.110. The van der Waals surface area contributed by atoms with Gasteiger partial charge in [0.25, 0.3) is 5.91 Å². The zero-order valence-electron chi connectivity index (χ0n) is 12.0. The predicted octanol–water partition coefficient (Wildman–Crippen LogP) is 1.64. The number of aldehydes is 1. The van der Waals surface area contributed by atoms with Crippen LogP contribution in [0.2, 0.25) is 0 Å². The lowest BCUT2D eigenvalue weighted by molar-refractivity contribution is -0.170. The van der Waals surface area contributed by atoms with E-state index in [0.717, 1.165) is 5.06 Å². The van der Waals surface area contributed by atoms with Crippen molar-refractivity contribution in [3.05, 3.63) is 35.9 Å². The van der Waals surface area contributed by atoms with Gasteiger partial charge in [-0.05, 0) is 17.7 Å². The molecule has 0 fully saturated rings. The van der Waals surface area contributed by atoms with Crippen LogP contribution in [-0.2, 0) is 19.2 Å². The Kier molecular flexibility index (Phi) is 6.83. The van der Waals surface area contributed by atoms with Crippen LogP contribution in [0.25, 0.3) is 6.08 Å². The van der Waals surface area contributed by atoms with Gasteiger partial charge in [-0.3, -0.25) is 14.4 Å². The summed E-state index contributed by atoms with van der Waals surface area (Å²) in [6, 6.07) is 7.10. The average molecular weight is 290 g/mol. The lowest BCUT2D eigenvalue weighted by Gasteiger charge is -2.14. The van der Waals surface area contributed by atoms with Crippen LogP contribution in [0.3, 0.4) is 0 Å². The van der Waals surface area contributed by atoms with Gasteiger partial charge in [-0.1, -0.05) is 25.1 Å². The minimum Gasteiger partial charge on any atom is -0.326 e. The smallest absolute Gasteiger partial charge is 0.270 e. The number of para-hydroxylation sites is 1. The fourth-order valence-electron chi connectivity index (χ4n) is 1.56. The number of rotatable bonds is 7. The van der Waals surface area contributed by atoms with E-state index in [-0.39, 0.29) is 12.5 Å². The molecule has 0 bridgehead atoms. The van der Waals surface area contributed by atoms with Crippen molar-refractivity contribution in [3.63, 3.8) is 0 Å². The molecule has 0 aliphatic carbocycles. The topological polar surface area (TPSA) is 75.7 Å². The van der Waals surface area contributed by atoms with E-state index < -0.39 is 5.91 Å². The Morgan fingerprint density at radius 1 is 1.33 bits per heavy atom. The summed E-state index contributed by atoms with van der Waals surface area (Å²) >= 11 is 0. The molecule has 112 valence electrons. The monoisotopic (exact) mass is 290 g/mol. The highest BCUT2D eigenvalue weighted by atomic mass is 16.7. The van der Waals surface area contributed by atoms with E-state index in [1.54, 1.807) is 37.3 Å². The first kappa shape index (κ1) is 16.6. The molecule has 1 rings (SSSR count). The normalized spacial score (nSPS) is 10.4. The number of amides is 2. The third-order valence-corrected chi connectivity index (χ3v) is 2.67. The van der Waals surface area contributed by atoms with Crippen LogP contribution in [0.15, 0.2) is 30.3 Å². The molecule has 0 radical (unpaired) electrons. The van der Waals surface area contributed by atoms with Crippen LogP contribution in [0, 0.1) is 0 Å². The van der Waals surface area contributed by atoms with Crippen LogP contribution in [-0.4, -0.2) is 36.8 Å². The van der Waals surface area contributed by atoms with Crippen molar-refractivity contribution >= 4 is 29.9 Å². The average Bonchev–Trinajstić information content (AvgIpc) is 2.51. The highest BCUT2D eigenvalue weighted by molar-refractivity contribution is 5.96. The molecule has 1 aromatic carbocycles. The molecule has 6 nitrogen and oxygen atoms in total. The first-order valence-electron chi connectivity index (χ1n) is 6.48. The predicted molar refractivity (Wildman–Crippen MR) is 79.2 cm³/mol. The molecule has 0 atom stereocenters. The van der Waals surface area contributed by atoms with Crippen molar-refractivity contribution in [2.75, 3.05) is 19.0 Å². The molecule has 21 heavy (non-hydrogen) atoms. The number of hydroxylamine groups is 2. The summed E-state index contributed by atoms with van der Waals surface area (Å²) in [5, 5.41) is 3.68. The quantitative estimate of drug-likeness (QED) is 0.470. The van der Waals surface area contributed by atoms with Crippen LogP contribution < -0.4 is 5.32 Å². The maximum atomic E-state index is 11.8. The van der Waals surface area contributed by atoms with Crippen molar-refractivity contribution in [3.8, 4) is 0 Å². The van der Waals surface area contributed by atoms with E-state index in [4.69, 9.17) is 4.84 Å². The fourth-order valence-corrected chi connectivity index (χ4v) is 1.56. The molecule has 1 N–H and O–H groups in total. The van der Waals surface area contributed by atoms with Crippen LogP contribution in [0.5, 0.6) is 0 Å². The number of hydrogen-bond acceptors (Lipinski definition) is 4. The molecule has 0 unspecified atom stereocenters. The Morgan fingerprint density at radius 3 is 2.67 bits per heavy atom. The van der Waals surface area contributed by atoms with Crippen molar-refractivity contribution in [2.45, 2.75) is 13.3 Å². The lowest BCUT2D eigenvalue weighted by Crippen LogP contribution is -2.29. The van der Waals surface area contributed by atoms with E-state index in [1.807, 2.05) is 0 Å². The number of nitrogens with zero attached hydrogens (tertiary/aromatic N) is 1. The van der Waals surface area contributed by atoms with E-state index in [0.29, 0.717) is 24.0 Å².